The van der Waals surface area contributed by atoms with Crippen LogP contribution >= 0.6 is 33.2 Å². The van der Waals surface area contributed by atoms with Gasteiger partial charge in [0.1, 0.15) is 0 Å². The molecular formula is C10H17Cl3Si. The quantitative estimate of drug-likeness (QED) is 0.384. The molecule has 0 radical (unpaired) electrons. The molecule has 1 aliphatic carbocycles. The molecule has 0 aromatic carbocycles. The van der Waals surface area contributed by atoms with Gasteiger partial charge >= 0.3 is 6.00 Å². The van der Waals surface area contributed by atoms with Gasteiger partial charge in [-0.1, -0.05) is 18.6 Å². The van der Waals surface area contributed by atoms with E-state index < -0.39 is 6.00 Å². The van der Waals surface area contributed by atoms with Gasteiger partial charge in [-0.05, 0) is 44.1 Å². The van der Waals surface area contributed by atoms with Gasteiger partial charge in [0.2, 0.25) is 0 Å². The fourth-order valence-corrected chi connectivity index (χ4v) is 5.29. The summed E-state index contributed by atoms with van der Waals surface area (Å²) in [6.07, 6.45) is 5.99. The average molecular weight is 272 g/mol. The summed E-state index contributed by atoms with van der Waals surface area (Å²) < 4.78 is 0. The topological polar surface area (TPSA) is 0 Å². The zero-order valence-electron chi connectivity index (χ0n) is 8.69. The maximum atomic E-state index is 5.93. The van der Waals surface area contributed by atoms with E-state index in [9.17, 15) is 0 Å². The van der Waals surface area contributed by atoms with Crippen molar-refractivity contribution in [2.45, 2.75) is 39.2 Å². The molecule has 2 unspecified atom stereocenters. The zero-order chi connectivity index (χ0) is 10.8. The van der Waals surface area contributed by atoms with Crippen LogP contribution in [0.15, 0.2) is 11.6 Å². The van der Waals surface area contributed by atoms with Crippen LogP contribution in [-0.2, 0) is 0 Å². The van der Waals surface area contributed by atoms with E-state index in [1.807, 2.05) is 0 Å². The largest absolute Gasteiger partial charge is 0.341 e. The van der Waals surface area contributed by atoms with Crippen LogP contribution in [-0.4, -0.2) is 6.00 Å². The molecule has 82 valence electrons. The Balaban J connectivity index is 2.43. The maximum absolute atomic E-state index is 5.93. The normalized spacial score (nSPS) is 25.8. The lowest BCUT2D eigenvalue weighted by molar-refractivity contribution is 0.350. The molecule has 0 aromatic rings. The lowest BCUT2D eigenvalue weighted by atomic mass is 9.83. The first-order chi connectivity index (χ1) is 6.38. The van der Waals surface area contributed by atoms with Gasteiger partial charge in [0.05, 0.1) is 0 Å². The standard InChI is InChI=1S/C10H17Cl3Si/c1-8-3-5-10(6-4-8)9(2)7-14(11,12)13/h3,9-10H,4-7H2,1-2H3. The van der Waals surface area contributed by atoms with Gasteiger partial charge in [0, 0.05) is 0 Å². The molecule has 1 aliphatic rings. The molecule has 1 rings (SSSR count). The number of rotatable bonds is 3. The van der Waals surface area contributed by atoms with Crippen LogP contribution in [0.25, 0.3) is 0 Å². The van der Waals surface area contributed by atoms with E-state index >= 15 is 0 Å². The Kier molecular flexibility index (Phi) is 4.83. The Morgan fingerprint density at radius 2 is 2.14 bits per heavy atom. The van der Waals surface area contributed by atoms with Gasteiger partial charge in [-0.25, -0.2) is 0 Å². The van der Waals surface area contributed by atoms with Crippen LogP contribution in [0.5, 0.6) is 0 Å². The molecule has 0 saturated carbocycles. The predicted octanol–water partition coefficient (Wildman–Crippen LogP) is 5.02. The van der Waals surface area contributed by atoms with E-state index in [0.717, 1.165) is 12.0 Å². The second-order valence-corrected chi connectivity index (χ2v) is 13.6. The van der Waals surface area contributed by atoms with E-state index in [1.165, 1.54) is 24.8 Å². The van der Waals surface area contributed by atoms with Crippen LogP contribution in [0.4, 0.5) is 0 Å². The average Bonchev–Trinajstić information content (AvgIpc) is 2.02. The van der Waals surface area contributed by atoms with E-state index in [1.54, 1.807) is 0 Å². The van der Waals surface area contributed by atoms with Crippen LogP contribution in [0, 0.1) is 11.8 Å². The van der Waals surface area contributed by atoms with Gasteiger partial charge < -0.3 is 0 Å². The number of halogens is 3. The third kappa shape index (κ3) is 4.56. The summed E-state index contributed by atoms with van der Waals surface area (Å²) in [5, 5.41) is 0. The Morgan fingerprint density at radius 3 is 2.57 bits per heavy atom. The number of allylic oxidation sites excluding steroid dienone is 2. The first-order valence-corrected chi connectivity index (χ1v) is 10.3. The molecule has 0 aliphatic heterocycles. The molecule has 0 heterocycles. The minimum Gasteiger partial charge on any atom is -0.126 e. The summed E-state index contributed by atoms with van der Waals surface area (Å²) in [4.78, 5) is 0. The first kappa shape index (κ1) is 12.9. The molecule has 0 fully saturated rings. The lowest BCUT2D eigenvalue weighted by Gasteiger charge is -2.27. The van der Waals surface area contributed by atoms with Crippen molar-refractivity contribution < 1.29 is 0 Å². The van der Waals surface area contributed by atoms with Crippen LogP contribution in [0.3, 0.4) is 0 Å². The summed E-state index contributed by atoms with van der Waals surface area (Å²) in [7, 11) is 0. The third-order valence-corrected chi connectivity index (χ3v) is 5.53. The van der Waals surface area contributed by atoms with Crippen molar-refractivity contribution in [3.63, 3.8) is 0 Å². The maximum Gasteiger partial charge on any atom is 0.341 e. The van der Waals surface area contributed by atoms with Crippen LogP contribution < -0.4 is 0 Å². The van der Waals surface area contributed by atoms with E-state index in [-0.39, 0.29) is 0 Å². The van der Waals surface area contributed by atoms with Gasteiger partial charge in [-0.3, -0.25) is 0 Å². The molecule has 0 nitrogen and oxygen atoms in total. The molecular weight excluding hydrogens is 255 g/mol. The Labute approximate surface area is 102 Å². The van der Waals surface area contributed by atoms with Crippen LogP contribution in [0.2, 0.25) is 6.04 Å². The summed E-state index contributed by atoms with van der Waals surface area (Å²) in [5.41, 5.74) is 1.51. The molecule has 0 N–H and O–H groups in total. The predicted molar refractivity (Wildman–Crippen MR) is 68.4 cm³/mol. The fourth-order valence-electron chi connectivity index (χ4n) is 2.03. The number of hydrogen-bond donors (Lipinski definition) is 0. The fraction of sp³-hybridized carbons (Fsp3) is 0.800. The van der Waals surface area contributed by atoms with Crippen molar-refractivity contribution in [2.75, 3.05) is 0 Å². The molecule has 0 bridgehead atoms. The van der Waals surface area contributed by atoms with Crippen molar-refractivity contribution in [1.82, 2.24) is 0 Å². The molecule has 14 heavy (non-hydrogen) atoms. The monoisotopic (exact) mass is 270 g/mol. The van der Waals surface area contributed by atoms with Crippen LogP contribution in [0.1, 0.15) is 33.1 Å². The van der Waals surface area contributed by atoms with Crippen molar-refractivity contribution in [2.24, 2.45) is 11.8 Å². The minimum absolute atomic E-state index is 0.554. The highest BCUT2D eigenvalue weighted by molar-refractivity contribution is 7.64. The van der Waals surface area contributed by atoms with E-state index in [4.69, 9.17) is 33.2 Å². The highest BCUT2D eigenvalue weighted by Gasteiger charge is 2.31. The van der Waals surface area contributed by atoms with Crippen molar-refractivity contribution in [3.8, 4) is 0 Å². The second kappa shape index (κ2) is 5.24. The van der Waals surface area contributed by atoms with Gasteiger partial charge in [-0.2, -0.15) is 0 Å². The van der Waals surface area contributed by atoms with Gasteiger partial charge in [-0.15, -0.1) is 33.2 Å². The molecule has 0 amide bonds. The third-order valence-electron chi connectivity index (χ3n) is 3.04. The summed E-state index contributed by atoms with van der Waals surface area (Å²) in [6, 6.07) is -1.62. The summed E-state index contributed by atoms with van der Waals surface area (Å²) in [6.45, 7) is 4.42. The highest BCUT2D eigenvalue weighted by atomic mass is 35.8. The minimum atomic E-state index is -2.43. The molecule has 2 atom stereocenters. The molecule has 0 saturated heterocycles. The molecule has 0 spiro atoms. The van der Waals surface area contributed by atoms with E-state index in [0.29, 0.717) is 5.92 Å². The first-order valence-electron chi connectivity index (χ1n) is 5.11. The lowest BCUT2D eigenvalue weighted by Crippen LogP contribution is -2.21. The second-order valence-electron chi connectivity index (χ2n) is 4.38. The SMILES string of the molecule is CC1=CCC(C(C)C[Si](Cl)(Cl)Cl)CC1. The van der Waals surface area contributed by atoms with Crippen molar-refractivity contribution >= 4 is 39.2 Å². The Morgan fingerprint density at radius 1 is 1.50 bits per heavy atom. The Bertz CT molecular complexity index is 220. The van der Waals surface area contributed by atoms with E-state index in [2.05, 4.69) is 19.9 Å². The Hall–Kier alpha value is 0.827. The van der Waals surface area contributed by atoms with Gasteiger partial charge in [0.15, 0.2) is 0 Å². The summed E-state index contributed by atoms with van der Waals surface area (Å²) in [5.74, 6) is 1.28. The number of hydrogen-bond acceptors (Lipinski definition) is 0. The highest BCUT2D eigenvalue weighted by Crippen LogP contribution is 2.37. The zero-order valence-corrected chi connectivity index (χ0v) is 12.0. The van der Waals surface area contributed by atoms with Crippen molar-refractivity contribution in [3.05, 3.63) is 11.6 Å². The smallest absolute Gasteiger partial charge is 0.126 e. The summed E-state index contributed by atoms with van der Waals surface area (Å²) >= 11 is 17.8. The molecule has 4 heteroatoms. The molecule has 0 aromatic heterocycles. The van der Waals surface area contributed by atoms with Gasteiger partial charge in [0.25, 0.3) is 0 Å². The van der Waals surface area contributed by atoms with Crippen molar-refractivity contribution in [1.29, 1.82) is 0 Å².